The number of carbonyl (C=O) groups excluding carboxylic acids is 2. The van der Waals surface area contributed by atoms with Gasteiger partial charge in [-0.05, 0) is 47.4 Å². The average Bonchev–Trinajstić information content (AvgIpc) is 3.07. The molecule has 0 aliphatic carbocycles. The monoisotopic (exact) mass is 349 g/mol. The van der Waals surface area contributed by atoms with E-state index in [-0.39, 0.29) is 11.9 Å². The van der Waals surface area contributed by atoms with E-state index in [4.69, 9.17) is 0 Å². The summed E-state index contributed by atoms with van der Waals surface area (Å²) >= 11 is 0. The first-order valence-electron chi connectivity index (χ1n) is 8.77. The van der Waals surface area contributed by atoms with Crippen molar-refractivity contribution in [2.24, 2.45) is 0 Å². The van der Waals surface area contributed by atoms with Crippen LogP contribution in [-0.2, 0) is 4.79 Å². The molecule has 5 nitrogen and oxygen atoms in total. The van der Waals surface area contributed by atoms with E-state index in [1.54, 1.807) is 23.1 Å². The molecule has 1 aliphatic heterocycles. The summed E-state index contributed by atoms with van der Waals surface area (Å²) in [6.45, 7) is 5.61. The lowest BCUT2D eigenvalue weighted by Crippen LogP contribution is -2.27. The Bertz CT molecular complexity index is 808. The zero-order valence-corrected chi connectivity index (χ0v) is 15.0. The Labute approximate surface area is 153 Å². The number of hydrogen-bond donors (Lipinski definition) is 2. The maximum Gasteiger partial charge on any atom is 0.321 e. The van der Waals surface area contributed by atoms with Crippen LogP contribution in [0.25, 0.3) is 6.08 Å². The van der Waals surface area contributed by atoms with Crippen LogP contribution >= 0.6 is 0 Å². The molecule has 1 heterocycles. The third-order valence-corrected chi connectivity index (χ3v) is 4.33. The molecular formula is C21H23N3O2. The van der Waals surface area contributed by atoms with Crippen LogP contribution in [0.2, 0.25) is 0 Å². The molecule has 0 radical (unpaired) electrons. The van der Waals surface area contributed by atoms with Gasteiger partial charge in [-0.3, -0.25) is 9.69 Å². The molecule has 3 amide bonds. The van der Waals surface area contributed by atoms with E-state index in [9.17, 15) is 9.59 Å². The highest BCUT2D eigenvalue weighted by Crippen LogP contribution is 2.20. The zero-order chi connectivity index (χ0) is 18.5. The van der Waals surface area contributed by atoms with Crippen molar-refractivity contribution in [3.8, 4) is 0 Å². The number of urea groups is 1. The first-order chi connectivity index (χ1) is 12.5. The van der Waals surface area contributed by atoms with Gasteiger partial charge in [-0.25, -0.2) is 4.79 Å². The summed E-state index contributed by atoms with van der Waals surface area (Å²) in [6, 6.07) is 15.3. The Morgan fingerprint density at radius 2 is 1.81 bits per heavy atom. The van der Waals surface area contributed by atoms with Gasteiger partial charge in [0.25, 0.3) is 0 Å². The molecule has 1 saturated heterocycles. The number of anilines is 2. The SMILES string of the molecule is CC(C)c1ccc(/C=C/C(=O)Nc2ccc(N3CCNC3=O)cc2)cc1. The molecule has 3 rings (SSSR count). The van der Waals surface area contributed by atoms with Gasteiger partial charge in [-0.1, -0.05) is 38.1 Å². The minimum atomic E-state index is -0.190. The number of rotatable bonds is 5. The average molecular weight is 349 g/mol. The van der Waals surface area contributed by atoms with Crippen molar-refractivity contribution in [1.29, 1.82) is 0 Å². The van der Waals surface area contributed by atoms with Crippen molar-refractivity contribution in [2.45, 2.75) is 19.8 Å². The standard InChI is InChI=1S/C21H23N3O2/c1-15(2)17-6-3-16(4-7-17)5-12-20(25)23-18-8-10-19(11-9-18)24-14-13-22-21(24)26/h3-12,15H,13-14H2,1-2H3,(H,22,26)(H,23,25)/b12-5+. The number of hydrogen-bond acceptors (Lipinski definition) is 2. The third kappa shape index (κ3) is 4.30. The Morgan fingerprint density at radius 1 is 1.12 bits per heavy atom. The lowest BCUT2D eigenvalue weighted by molar-refractivity contribution is -0.111. The largest absolute Gasteiger partial charge is 0.336 e. The second kappa shape index (κ2) is 7.87. The van der Waals surface area contributed by atoms with Crippen molar-refractivity contribution in [3.63, 3.8) is 0 Å². The van der Waals surface area contributed by atoms with Gasteiger partial charge in [-0.2, -0.15) is 0 Å². The van der Waals surface area contributed by atoms with Gasteiger partial charge in [0.2, 0.25) is 5.91 Å². The van der Waals surface area contributed by atoms with Crippen LogP contribution < -0.4 is 15.5 Å². The highest BCUT2D eigenvalue weighted by molar-refractivity contribution is 6.02. The van der Waals surface area contributed by atoms with E-state index in [1.165, 1.54) is 11.6 Å². The Balaban J connectivity index is 1.58. The first kappa shape index (κ1) is 17.7. The van der Waals surface area contributed by atoms with Crippen molar-refractivity contribution in [1.82, 2.24) is 5.32 Å². The molecule has 0 atom stereocenters. The van der Waals surface area contributed by atoms with Gasteiger partial charge >= 0.3 is 6.03 Å². The van der Waals surface area contributed by atoms with Crippen LogP contribution in [0.5, 0.6) is 0 Å². The Hall–Kier alpha value is -3.08. The van der Waals surface area contributed by atoms with Crippen LogP contribution in [0.1, 0.15) is 30.9 Å². The third-order valence-electron chi connectivity index (χ3n) is 4.33. The fourth-order valence-corrected chi connectivity index (χ4v) is 2.79. The van der Waals surface area contributed by atoms with Crippen molar-refractivity contribution >= 4 is 29.4 Å². The molecule has 0 spiro atoms. The molecule has 26 heavy (non-hydrogen) atoms. The quantitative estimate of drug-likeness (QED) is 0.802. The van der Waals surface area contributed by atoms with E-state index in [1.807, 2.05) is 24.3 Å². The van der Waals surface area contributed by atoms with E-state index < -0.39 is 0 Å². The number of nitrogens with zero attached hydrogens (tertiary/aromatic N) is 1. The van der Waals surface area contributed by atoms with E-state index in [0.29, 0.717) is 24.7 Å². The molecule has 5 heteroatoms. The van der Waals surface area contributed by atoms with Gasteiger partial charge in [0, 0.05) is 30.5 Å². The number of nitrogens with one attached hydrogen (secondary N) is 2. The fourth-order valence-electron chi connectivity index (χ4n) is 2.79. The highest BCUT2D eigenvalue weighted by atomic mass is 16.2. The summed E-state index contributed by atoms with van der Waals surface area (Å²) in [5.74, 6) is 0.301. The maximum absolute atomic E-state index is 12.1. The lowest BCUT2D eigenvalue weighted by atomic mass is 10.0. The second-order valence-electron chi connectivity index (χ2n) is 6.57. The van der Waals surface area contributed by atoms with Gasteiger partial charge in [0.15, 0.2) is 0 Å². The fraction of sp³-hybridized carbons (Fsp3) is 0.238. The number of benzene rings is 2. The molecule has 1 aliphatic rings. The number of carbonyl (C=O) groups is 2. The molecule has 2 aromatic rings. The predicted octanol–water partition coefficient (Wildman–Crippen LogP) is 3.99. The predicted molar refractivity (Wildman–Crippen MR) is 105 cm³/mol. The van der Waals surface area contributed by atoms with E-state index in [2.05, 4.69) is 36.6 Å². The summed E-state index contributed by atoms with van der Waals surface area (Å²) in [5, 5.41) is 5.59. The smallest absolute Gasteiger partial charge is 0.321 e. The summed E-state index contributed by atoms with van der Waals surface area (Å²) in [5.41, 5.74) is 3.77. The Morgan fingerprint density at radius 3 is 2.38 bits per heavy atom. The van der Waals surface area contributed by atoms with Crippen LogP contribution in [0.3, 0.4) is 0 Å². The summed E-state index contributed by atoms with van der Waals surface area (Å²) in [6.07, 6.45) is 3.31. The van der Waals surface area contributed by atoms with Crippen molar-refractivity contribution in [3.05, 3.63) is 65.7 Å². The Kier molecular flexibility index (Phi) is 5.37. The van der Waals surface area contributed by atoms with Crippen molar-refractivity contribution in [2.75, 3.05) is 23.3 Å². The molecule has 134 valence electrons. The van der Waals surface area contributed by atoms with Crippen LogP contribution in [0, 0.1) is 0 Å². The van der Waals surface area contributed by atoms with Gasteiger partial charge in [-0.15, -0.1) is 0 Å². The summed E-state index contributed by atoms with van der Waals surface area (Å²) in [4.78, 5) is 25.4. The molecule has 0 bridgehead atoms. The summed E-state index contributed by atoms with van der Waals surface area (Å²) < 4.78 is 0. The van der Waals surface area contributed by atoms with Gasteiger partial charge in [0.05, 0.1) is 0 Å². The van der Waals surface area contributed by atoms with Gasteiger partial charge in [0.1, 0.15) is 0 Å². The topological polar surface area (TPSA) is 61.4 Å². The highest BCUT2D eigenvalue weighted by Gasteiger charge is 2.20. The normalized spacial score (nSPS) is 14.1. The molecule has 0 aromatic heterocycles. The maximum atomic E-state index is 12.1. The van der Waals surface area contributed by atoms with E-state index >= 15 is 0 Å². The minimum Gasteiger partial charge on any atom is -0.336 e. The van der Waals surface area contributed by atoms with Crippen LogP contribution in [-0.4, -0.2) is 25.0 Å². The molecule has 1 fully saturated rings. The van der Waals surface area contributed by atoms with Gasteiger partial charge < -0.3 is 10.6 Å². The molecule has 0 saturated carbocycles. The summed E-state index contributed by atoms with van der Waals surface area (Å²) in [7, 11) is 0. The number of amides is 3. The molecular weight excluding hydrogens is 326 g/mol. The minimum absolute atomic E-state index is 0.0896. The second-order valence-corrected chi connectivity index (χ2v) is 6.57. The van der Waals surface area contributed by atoms with E-state index in [0.717, 1.165) is 11.3 Å². The first-order valence-corrected chi connectivity index (χ1v) is 8.77. The molecule has 0 unspecified atom stereocenters. The molecule has 2 aromatic carbocycles. The zero-order valence-electron chi connectivity index (χ0n) is 15.0. The lowest BCUT2D eigenvalue weighted by Gasteiger charge is -2.14. The van der Waals surface area contributed by atoms with Crippen LogP contribution in [0.4, 0.5) is 16.2 Å². The molecule has 2 N–H and O–H groups in total. The van der Waals surface area contributed by atoms with Crippen molar-refractivity contribution < 1.29 is 9.59 Å². The van der Waals surface area contributed by atoms with Crippen LogP contribution in [0.15, 0.2) is 54.6 Å².